The Kier molecular flexibility index (Phi) is 7.18. The Morgan fingerprint density at radius 2 is 2.21 bits per heavy atom. The molecule has 5 nitrogen and oxygen atoms in total. The lowest BCUT2D eigenvalue weighted by atomic mass is 10.1. The quantitative estimate of drug-likeness (QED) is 0.818. The van der Waals surface area contributed by atoms with Gasteiger partial charge in [-0.15, -0.1) is 17.5 Å². The first kappa shape index (κ1) is 17.5. The van der Waals surface area contributed by atoms with Crippen LogP contribution in [-0.4, -0.2) is 22.8 Å². The maximum Gasteiger partial charge on any atom is 0.440 e. The predicted octanol–water partition coefficient (Wildman–Crippen LogP) is 2.95. The van der Waals surface area contributed by atoms with Crippen LogP contribution in [0.3, 0.4) is 0 Å². The number of amides is 1. The van der Waals surface area contributed by atoms with Gasteiger partial charge in [-0.1, -0.05) is 6.92 Å². The van der Waals surface area contributed by atoms with E-state index in [1.165, 1.54) is 18.2 Å². The van der Waals surface area contributed by atoms with E-state index in [9.17, 15) is 9.18 Å². The number of carbonyl (C=O) groups is 1. The third kappa shape index (κ3) is 4.92. The SMILES string of the molecule is CCCN(Oc1ccc(F)cc1[C@@H](C)N)C(=O)O.Cl. The van der Waals surface area contributed by atoms with Gasteiger partial charge >= 0.3 is 6.09 Å². The van der Waals surface area contributed by atoms with Crippen molar-refractivity contribution in [2.24, 2.45) is 5.73 Å². The fraction of sp³-hybridized carbons (Fsp3) is 0.417. The second kappa shape index (κ2) is 7.81. The number of nitrogens with zero attached hydrogens (tertiary/aromatic N) is 1. The summed E-state index contributed by atoms with van der Waals surface area (Å²) in [5.74, 6) is -0.186. The van der Waals surface area contributed by atoms with Crippen LogP contribution in [0.15, 0.2) is 18.2 Å². The van der Waals surface area contributed by atoms with Gasteiger partial charge < -0.3 is 15.7 Å². The molecule has 19 heavy (non-hydrogen) atoms. The summed E-state index contributed by atoms with van der Waals surface area (Å²) in [5.41, 5.74) is 6.12. The number of benzene rings is 1. The Bertz CT molecular complexity index is 429. The molecule has 0 aliphatic carbocycles. The fourth-order valence-electron chi connectivity index (χ4n) is 1.46. The fourth-order valence-corrected chi connectivity index (χ4v) is 1.46. The number of carboxylic acid groups (broad SMARTS) is 1. The van der Waals surface area contributed by atoms with Gasteiger partial charge in [0.2, 0.25) is 0 Å². The molecule has 0 fully saturated rings. The van der Waals surface area contributed by atoms with Crippen molar-refractivity contribution in [2.75, 3.05) is 6.54 Å². The summed E-state index contributed by atoms with van der Waals surface area (Å²) in [6.07, 6.45) is -0.585. The molecule has 0 unspecified atom stereocenters. The van der Waals surface area contributed by atoms with E-state index in [0.29, 0.717) is 12.0 Å². The van der Waals surface area contributed by atoms with Crippen LogP contribution < -0.4 is 10.6 Å². The summed E-state index contributed by atoms with van der Waals surface area (Å²) in [7, 11) is 0. The molecule has 108 valence electrons. The Hall–Kier alpha value is -1.53. The first-order valence-corrected chi connectivity index (χ1v) is 5.69. The predicted molar refractivity (Wildman–Crippen MR) is 71.9 cm³/mol. The van der Waals surface area contributed by atoms with Crippen LogP contribution >= 0.6 is 12.4 Å². The molecule has 0 aliphatic heterocycles. The molecule has 0 spiro atoms. The number of rotatable bonds is 5. The van der Waals surface area contributed by atoms with E-state index in [4.69, 9.17) is 15.7 Å². The monoisotopic (exact) mass is 292 g/mol. The summed E-state index contributed by atoms with van der Waals surface area (Å²) in [5, 5.41) is 9.75. The molecule has 0 saturated heterocycles. The van der Waals surface area contributed by atoms with Crippen LogP contribution in [0.1, 0.15) is 31.9 Å². The minimum atomic E-state index is -1.20. The second-order valence-corrected chi connectivity index (χ2v) is 3.95. The summed E-state index contributed by atoms with van der Waals surface area (Å²) in [4.78, 5) is 16.2. The van der Waals surface area contributed by atoms with Gasteiger partial charge in [-0.3, -0.25) is 0 Å². The number of hydroxylamine groups is 2. The summed E-state index contributed by atoms with van der Waals surface area (Å²) in [6.45, 7) is 3.73. The maximum atomic E-state index is 13.1. The zero-order valence-corrected chi connectivity index (χ0v) is 11.6. The van der Waals surface area contributed by atoms with Gasteiger partial charge in [0, 0.05) is 11.6 Å². The number of halogens is 2. The molecular formula is C12H18ClFN2O3. The first-order chi connectivity index (χ1) is 8.45. The topological polar surface area (TPSA) is 75.8 Å². The van der Waals surface area contributed by atoms with Gasteiger partial charge in [0.25, 0.3) is 0 Å². The van der Waals surface area contributed by atoms with Gasteiger partial charge in [-0.05, 0) is 31.5 Å². The third-order valence-corrected chi connectivity index (χ3v) is 2.31. The van der Waals surface area contributed by atoms with Crippen LogP contribution in [0, 0.1) is 5.82 Å². The minimum Gasteiger partial charge on any atom is -0.463 e. The molecule has 1 amide bonds. The number of hydrogen-bond acceptors (Lipinski definition) is 3. The molecule has 0 heterocycles. The number of nitrogens with two attached hydrogens (primary N) is 1. The van der Waals surface area contributed by atoms with E-state index in [-0.39, 0.29) is 24.7 Å². The zero-order chi connectivity index (χ0) is 13.7. The minimum absolute atomic E-state index is 0. The van der Waals surface area contributed by atoms with E-state index >= 15 is 0 Å². The summed E-state index contributed by atoms with van der Waals surface area (Å²) < 4.78 is 13.1. The molecule has 0 bridgehead atoms. The molecule has 0 radical (unpaired) electrons. The van der Waals surface area contributed by atoms with Gasteiger partial charge in [0.05, 0.1) is 6.54 Å². The molecule has 1 atom stereocenters. The van der Waals surface area contributed by atoms with Gasteiger partial charge in [0.15, 0.2) is 5.75 Å². The smallest absolute Gasteiger partial charge is 0.440 e. The average Bonchev–Trinajstić information content (AvgIpc) is 2.30. The molecule has 0 aromatic heterocycles. The molecule has 0 aliphatic rings. The molecule has 1 aromatic rings. The van der Waals surface area contributed by atoms with Crippen LogP contribution in [0.5, 0.6) is 5.75 Å². The van der Waals surface area contributed by atoms with Crippen LogP contribution in [0.4, 0.5) is 9.18 Å². The zero-order valence-electron chi connectivity index (χ0n) is 10.8. The molecule has 1 aromatic carbocycles. The van der Waals surface area contributed by atoms with E-state index in [1.54, 1.807) is 6.92 Å². The van der Waals surface area contributed by atoms with E-state index in [1.807, 2.05) is 6.92 Å². The molecule has 0 saturated carbocycles. The Balaban J connectivity index is 0.00000324. The highest BCUT2D eigenvalue weighted by Gasteiger charge is 2.17. The van der Waals surface area contributed by atoms with Gasteiger partial charge in [0.1, 0.15) is 5.82 Å². The summed E-state index contributed by atoms with van der Waals surface area (Å²) in [6, 6.07) is 3.37. The van der Waals surface area contributed by atoms with Crippen molar-refractivity contribution in [3.05, 3.63) is 29.6 Å². The van der Waals surface area contributed by atoms with Crippen molar-refractivity contribution in [2.45, 2.75) is 26.3 Å². The molecule has 1 rings (SSSR count). The van der Waals surface area contributed by atoms with Crippen molar-refractivity contribution in [1.82, 2.24) is 5.06 Å². The Labute approximate surface area is 117 Å². The highest BCUT2D eigenvalue weighted by molar-refractivity contribution is 5.85. The lowest BCUT2D eigenvalue weighted by Gasteiger charge is -2.21. The van der Waals surface area contributed by atoms with Crippen molar-refractivity contribution in [1.29, 1.82) is 0 Å². The normalized spacial score (nSPS) is 11.4. The highest BCUT2D eigenvalue weighted by atomic mass is 35.5. The maximum absolute atomic E-state index is 13.1. The van der Waals surface area contributed by atoms with Crippen molar-refractivity contribution in [3.8, 4) is 5.75 Å². The summed E-state index contributed by atoms with van der Waals surface area (Å²) >= 11 is 0. The highest BCUT2D eigenvalue weighted by Crippen LogP contribution is 2.25. The lowest BCUT2D eigenvalue weighted by Crippen LogP contribution is -2.34. The lowest BCUT2D eigenvalue weighted by molar-refractivity contribution is -0.0365. The van der Waals surface area contributed by atoms with Crippen LogP contribution in [-0.2, 0) is 0 Å². The van der Waals surface area contributed by atoms with Crippen LogP contribution in [0.2, 0.25) is 0 Å². The van der Waals surface area contributed by atoms with E-state index in [0.717, 1.165) is 5.06 Å². The number of hydrogen-bond donors (Lipinski definition) is 2. The standard InChI is InChI=1S/C12H17FN2O3.ClH/c1-3-6-15(12(16)17)18-11-5-4-9(13)7-10(11)8(2)14;/h4-5,7-8H,3,6,14H2,1-2H3,(H,16,17);1H/t8-;/m1./s1. The van der Waals surface area contributed by atoms with Gasteiger partial charge in [-0.2, -0.15) is 0 Å². The van der Waals surface area contributed by atoms with Crippen molar-refractivity contribution < 1.29 is 19.1 Å². The Morgan fingerprint density at radius 1 is 1.58 bits per heavy atom. The van der Waals surface area contributed by atoms with Crippen molar-refractivity contribution in [3.63, 3.8) is 0 Å². The van der Waals surface area contributed by atoms with E-state index in [2.05, 4.69) is 0 Å². The first-order valence-electron chi connectivity index (χ1n) is 5.69. The van der Waals surface area contributed by atoms with Crippen LogP contribution in [0.25, 0.3) is 0 Å². The van der Waals surface area contributed by atoms with Crippen molar-refractivity contribution >= 4 is 18.5 Å². The third-order valence-electron chi connectivity index (χ3n) is 2.31. The Morgan fingerprint density at radius 3 is 2.68 bits per heavy atom. The molecular weight excluding hydrogens is 275 g/mol. The average molecular weight is 293 g/mol. The van der Waals surface area contributed by atoms with E-state index < -0.39 is 18.0 Å². The molecule has 7 heteroatoms. The second-order valence-electron chi connectivity index (χ2n) is 3.95. The van der Waals surface area contributed by atoms with Gasteiger partial charge in [-0.25, -0.2) is 9.18 Å². The molecule has 3 N–H and O–H groups in total. The largest absolute Gasteiger partial charge is 0.463 e.